The number of nitrogens with zero attached hydrogens (tertiary/aromatic N) is 2. The number of H-pyrrole nitrogens is 1. The Labute approximate surface area is 228 Å². The Kier molecular flexibility index (Phi) is 7.24. The highest BCUT2D eigenvalue weighted by molar-refractivity contribution is 5.86. The molecular formula is C34H32FN3O. The summed E-state index contributed by atoms with van der Waals surface area (Å²) in [6, 6.07) is 36.0. The summed E-state index contributed by atoms with van der Waals surface area (Å²) in [5.41, 5.74) is 5.57. The normalized spacial score (nSPS) is 15.1. The third kappa shape index (κ3) is 5.36. The zero-order valence-corrected chi connectivity index (χ0v) is 21.8. The van der Waals surface area contributed by atoms with Crippen molar-refractivity contribution in [3.05, 3.63) is 143 Å². The van der Waals surface area contributed by atoms with Gasteiger partial charge in [-0.3, -0.25) is 9.69 Å². The van der Waals surface area contributed by atoms with E-state index in [-0.39, 0.29) is 23.7 Å². The van der Waals surface area contributed by atoms with Crippen LogP contribution in [0.2, 0.25) is 0 Å². The lowest BCUT2D eigenvalue weighted by molar-refractivity contribution is -0.133. The van der Waals surface area contributed by atoms with Gasteiger partial charge in [0.2, 0.25) is 5.91 Å². The molecule has 0 spiro atoms. The molecule has 0 saturated carbocycles. The summed E-state index contributed by atoms with van der Waals surface area (Å²) in [4.78, 5) is 21.5. The van der Waals surface area contributed by atoms with Gasteiger partial charge in [0.25, 0.3) is 0 Å². The Bertz CT molecular complexity index is 1480. The third-order valence-electron chi connectivity index (χ3n) is 7.91. The number of hydrogen-bond acceptors (Lipinski definition) is 2. The lowest BCUT2D eigenvalue weighted by Gasteiger charge is -2.40. The lowest BCUT2D eigenvalue weighted by atomic mass is 9.87. The number of aromatic nitrogens is 1. The first kappa shape index (κ1) is 25.1. The number of hydrogen-bond donors (Lipinski definition) is 1. The highest BCUT2D eigenvalue weighted by atomic mass is 19.1. The molecule has 1 fully saturated rings. The average molecular weight is 518 g/mol. The van der Waals surface area contributed by atoms with Crippen molar-refractivity contribution >= 4 is 16.8 Å². The molecule has 1 aromatic heterocycles. The molecule has 1 atom stereocenters. The number of nitrogens with one attached hydrogen (secondary N) is 1. The Hall–Kier alpha value is -4.22. The topological polar surface area (TPSA) is 39.3 Å². The SMILES string of the molecule is O=C(CC(c1ccc(F)cc1)c1c[nH]c2ccccc12)N1CCN(C(c2ccccc2)c2ccccc2)CC1. The van der Waals surface area contributed by atoms with E-state index in [4.69, 9.17) is 0 Å². The van der Waals surface area contributed by atoms with Crippen LogP contribution in [0.4, 0.5) is 4.39 Å². The first-order valence-corrected chi connectivity index (χ1v) is 13.6. The molecule has 0 radical (unpaired) electrons. The second kappa shape index (κ2) is 11.3. The lowest BCUT2D eigenvalue weighted by Crippen LogP contribution is -2.50. The average Bonchev–Trinajstić information content (AvgIpc) is 3.42. The standard InChI is InChI=1S/C34H32FN3O/c35-28-17-15-25(16-18-28)30(31-24-36-32-14-8-7-13-29(31)32)23-33(39)37-19-21-38(22-20-37)34(26-9-3-1-4-10-26)27-11-5-2-6-12-27/h1-18,24,30,34,36H,19-23H2. The minimum absolute atomic E-state index is 0.130. The molecule has 0 aliphatic carbocycles. The summed E-state index contributed by atoms with van der Waals surface area (Å²) in [5.74, 6) is -0.302. The van der Waals surface area contributed by atoms with Crippen LogP contribution in [0.1, 0.15) is 40.6 Å². The number of halogens is 1. The fourth-order valence-corrected chi connectivity index (χ4v) is 5.90. The van der Waals surface area contributed by atoms with Crippen LogP contribution in [0.5, 0.6) is 0 Å². The van der Waals surface area contributed by atoms with Gasteiger partial charge in [-0.05, 0) is 40.5 Å². The minimum Gasteiger partial charge on any atom is -0.361 e. The molecule has 4 nitrogen and oxygen atoms in total. The molecule has 196 valence electrons. The maximum atomic E-state index is 13.8. The zero-order valence-electron chi connectivity index (χ0n) is 21.8. The summed E-state index contributed by atoms with van der Waals surface area (Å²) < 4.78 is 13.8. The molecule has 1 amide bonds. The maximum Gasteiger partial charge on any atom is 0.223 e. The van der Waals surface area contributed by atoms with Crippen LogP contribution in [0.25, 0.3) is 10.9 Å². The third-order valence-corrected chi connectivity index (χ3v) is 7.91. The van der Waals surface area contributed by atoms with Crippen molar-refractivity contribution in [3.8, 4) is 0 Å². The molecule has 1 N–H and O–H groups in total. The molecule has 0 bridgehead atoms. The number of carbonyl (C=O) groups is 1. The van der Waals surface area contributed by atoms with E-state index in [0.717, 1.165) is 35.1 Å². The highest BCUT2D eigenvalue weighted by Gasteiger charge is 2.30. The van der Waals surface area contributed by atoms with Crippen molar-refractivity contribution in [1.29, 1.82) is 0 Å². The number of fused-ring (bicyclic) bond motifs is 1. The number of carbonyl (C=O) groups excluding carboxylic acids is 1. The second-order valence-electron chi connectivity index (χ2n) is 10.2. The van der Waals surface area contributed by atoms with Crippen LogP contribution in [-0.2, 0) is 4.79 Å². The van der Waals surface area contributed by atoms with Crippen LogP contribution in [0, 0.1) is 5.82 Å². The molecule has 2 heterocycles. The summed E-state index contributed by atoms with van der Waals surface area (Å²) in [7, 11) is 0. The summed E-state index contributed by atoms with van der Waals surface area (Å²) >= 11 is 0. The minimum atomic E-state index is -0.273. The van der Waals surface area contributed by atoms with Gasteiger partial charge in [-0.2, -0.15) is 0 Å². The first-order valence-electron chi connectivity index (χ1n) is 13.6. The van der Waals surface area contributed by atoms with Gasteiger partial charge in [0.15, 0.2) is 0 Å². The quantitative estimate of drug-likeness (QED) is 0.259. The first-order chi connectivity index (χ1) is 19.2. The highest BCUT2D eigenvalue weighted by Crippen LogP contribution is 2.35. The number of rotatable bonds is 7. The van der Waals surface area contributed by atoms with Gasteiger partial charge in [0.05, 0.1) is 6.04 Å². The van der Waals surface area contributed by atoms with Gasteiger partial charge >= 0.3 is 0 Å². The number of amides is 1. The molecule has 1 unspecified atom stereocenters. The van der Waals surface area contributed by atoms with E-state index >= 15 is 0 Å². The van der Waals surface area contributed by atoms with Gasteiger partial charge in [-0.25, -0.2) is 4.39 Å². The molecule has 39 heavy (non-hydrogen) atoms. The Balaban J connectivity index is 1.21. The smallest absolute Gasteiger partial charge is 0.223 e. The van der Waals surface area contributed by atoms with E-state index in [2.05, 4.69) is 64.5 Å². The van der Waals surface area contributed by atoms with Gasteiger partial charge in [0.1, 0.15) is 5.82 Å². The molecule has 1 saturated heterocycles. The van der Waals surface area contributed by atoms with Crippen molar-refractivity contribution in [2.75, 3.05) is 26.2 Å². The van der Waals surface area contributed by atoms with Gasteiger partial charge in [0, 0.05) is 55.6 Å². The molecular weight excluding hydrogens is 485 g/mol. The van der Waals surface area contributed by atoms with E-state index in [9.17, 15) is 9.18 Å². The molecule has 1 aliphatic rings. The fourth-order valence-electron chi connectivity index (χ4n) is 5.90. The fraction of sp³-hybridized carbons (Fsp3) is 0.206. The van der Waals surface area contributed by atoms with E-state index in [1.54, 1.807) is 12.1 Å². The molecule has 4 aromatic carbocycles. The van der Waals surface area contributed by atoms with Gasteiger partial charge in [-0.15, -0.1) is 0 Å². The predicted octanol–water partition coefficient (Wildman–Crippen LogP) is 6.76. The maximum absolute atomic E-state index is 13.8. The van der Waals surface area contributed by atoms with Crippen LogP contribution in [-0.4, -0.2) is 46.9 Å². The van der Waals surface area contributed by atoms with Crippen molar-refractivity contribution in [3.63, 3.8) is 0 Å². The van der Waals surface area contributed by atoms with Gasteiger partial charge < -0.3 is 9.88 Å². The van der Waals surface area contributed by atoms with E-state index < -0.39 is 0 Å². The predicted molar refractivity (Wildman–Crippen MR) is 154 cm³/mol. The van der Waals surface area contributed by atoms with E-state index in [1.165, 1.54) is 23.3 Å². The monoisotopic (exact) mass is 517 g/mol. The van der Waals surface area contributed by atoms with Crippen molar-refractivity contribution in [1.82, 2.24) is 14.8 Å². The number of benzene rings is 4. The van der Waals surface area contributed by atoms with Crippen LogP contribution in [0.15, 0.2) is 115 Å². The summed E-state index contributed by atoms with van der Waals surface area (Å²) in [6.45, 7) is 2.96. The second-order valence-corrected chi connectivity index (χ2v) is 10.2. The molecule has 1 aliphatic heterocycles. The number of piperazine rings is 1. The van der Waals surface area contributed by atoms with E-state index in [0.29, 0.717) is 19.5 Å². The molecule has 5 aromatic rings. The van der Waals surface area contributed by atoms with Crippen LogP contribution in [0.3, 0.4) is 0 Å². The number of aromatic amines is 1. The Morgan fingerprint density at radius 1 is 0.718 bits per heavy atom. The van der Waals surface area contributed by atoms with E-state index in [1.807, 2.05) is 41.4 Å². The Morgan fingerprint density at radius 3 is 1.95 bits per heavy atom. The van der Waals surface area contributed by atoms with Crippen LogP contribution < -0.4 is 0 Å². The largest absolute Gasteiger partial charge is 0.361 e. The van der Waals surface area contributed by atoms with Crippen molar-refractivity contribution in [2.24, 2.45) is 0 Å². The zero-order chi connectivity index (χ0) is 26.6. The van der Waals surface area contributed by atoms with Crippen molar-refractivity contribution in [2.45, 2.75) is 18.4 Å². The molecule has 6 rings (SSSR count). The summed E-state index contributed by atoms with van der Waals surface area (Å²) in [5, 5.41) is 1.10. The Morgan fingerprint density at radius 2 is 1.31 bits per heavy atom. The molecule has 5 heteroatoms. The van der Waals surface area contributed by atoms with Crippen LogP contribution >= 0.6 is 0 Å². The van der Waals surface area contributed by atoms with Crippen molar-refractivity contribution < 1.29 is 9.18 Å². The number of para-hydroxylation sites is 1. The van der Waals surface area contributed by atoms with Gasteiger partial charge in [-0.1, -0.05) is 91.0 Å². The summed E-state index contributed by atoms with van der Waals surface area (Å²) in [6.07, 6.45) is 2.34.